The molecule has 1 heterocycles. The normalized spacial score (nSPS) is 11.2. The van der Waals surface area contributed by atoms with Crippen LogP contribution in [0.1, 0.15) is 38.1 Å². The van der Waals surface area contributed by atoms with Crippen molar-refractivity contribution in [3.63, 3.8) is 0 Å². The van der Waals surface area contributed by atoms with E-state index >= 15 is 0 Å². The van der Waals surface area contributed by atoms with Gasteiger partial charge in [-0.25, -0.2) is 4.99 Å². The molecule has 0 bridgehead atoms. The number of aliphatic imine (C=N–C) groups is 1. The molecule has 0 saturated heterocycles. The van der Waals surface area contributed by atoms with E-state index in [0.717, 1.165) is 34.2 Å². The van der Waals surface area contributed by atoms with Crippen molar-refractivity contribution in [3.8, 4) is 5.75 Å². The summed E-state index contributed by atoms with van der Waals surface area (Å²) in [5.74, 6) is 2.66. The van der Waals surface area contributed by atoms with Gasteiger partial charge >= 0.3 is 0 Å². The summed E-state index contributed by atoms with van der Waals surface area (Å²) >= 11 is 3.43. The monoisotopic (exact) mass is 536 g/mol. The van der Waals surface area contributed by atoms with Crippen LogP contribution in [0, 0.1) is 0 Å². The molecule has 6 nitrogen and oxygen atoms in total. The maximum absolute atomic E-state index is 5.70. The lowest BCUT2D eigenvalue weighted by atomic mass is 10.1. The molecule has 2 aromatic rings. The minimum Gasteiger partial charge on any atom is -0.492 e. The van der Waals surface area contributed by atoms with Gasteiger partial charge in [-0.2, -0.15) is 0 Å². The predicted molar refractivity (Wildman–Crippen MR) is 118 cm³/mol. The van der Waals surface area contributed by atoms with Crippen molar-refractivity contribution in [3.05, 3.63) is 46.3 Å². The SMILES string of the molecule is CCNC(=NCc1cc(C(C)C)no1)NCCOc1cccc(Br)c1.I. The van der Waals surface area contributed by atoms with Crippen molar-refractivity contribution in [1.29, 1.82) is 0 Å². The second-order valence-electron chi connectivity index (χ2n) is 5.80. The first-order chi connectivity index (χ1) is 12.1. The highest BCUT2D eigenvalue weighted by Gasteiger charge is 2.07. The van der Waals surface area contributed by atoms with Gasteiger partial charge in [-0.05, 0) is 31.0 Å². The third-order valence-electron chi connectivity index (χ3n) is 3.37. The number of ether oxygens (including phenoxy) is 1. The van der Waals surface area contributed by atoms with Crippen LogP contribution in [-0.4, -0.2) is 30.8 Å². The largest absolute Gasteiger partial charge is 0.492 e. The van der Waals surface area contributed by atoms with Gasteiger partial charge in [0.2, 0.25) is 0 Å². The average Bonchev–Trinajstić information content (AvgIpc) is 3.06. The fourth-order valence-corrected chi connectivity index (χ4v) is 2.45. The Morgan fingerprint density at radius 2 is 2.12 bits per heavy atom. The molecule has 0 atom stereocenters. The Balaban J connectivity index is 0.00000338. The molecule has 0 fully saturated rings. The van der Waals surface area contributed by atoms with Gasteiger partial charge in [0.25, 0.3) is 0 Å². The van der Waals surface area contributed by atoms with Gasteiger partial charge in [-0.15, -0.1) is 24.0 Å². The van der Waals surface area contributed by atoms with Crippen LogP contribution in [-0.2, 0) is 6.54 Å². The van der Waals surface area contributed by atoms with Gasteiger partial charge in [0.1, 0.15) is 18.9 Å². The highest BCUT2D eigenvalue weighted by molar-refractivity contribution is 14.0. The van der Waals surface area contributed by atoms with Crippen LogP contribution in [0.2, 0.25) is 0 Å². The molecule has 0 aliphatic rings. The number of halogens is 2. The predicted octanol–water partition coefficient (Wildman–Crippen LogP) is 4.31. The van der Waals surface area contributed by atoms with Crippen LogP contribution in [0.25, 0.3) is 0 Å². The van der Waals surface area contributed by atoms with Crippen LogP contribution >= 0.6 is 39.9 Å². The maximum Gasteiger partial charge on any atom is 0.191 e. The minimum absolute atomic E-state index is 0. The molecular formula is C18H26BrIN4O2. The number of nitrogens with one attached hydrogen (secondary N) is 2. The van der Waals surface area contributed by atoms with E-state index in [4.69, 9.17) is 9.26 Å². The summed E-state index contributed by atoms with van der Waals surface area (Å²) in [6.07, 6.45) is 0. The zero-order chi connectivity index (χ0) is 18.1. The quantitative estimate of drug-likeness (QED) is 0.228. The molecule has 2 N–H and O–H groups in total. The number of rotatable bonds is 8. The van der Waals surface area contributed by atoms with Crippen molar-refractivity contribution in [1.82, 2.24) is 15.8 Å². The summed E-state index contributed by atoms with van der Waals surface area (Å²) in [5.41, 5.74) is 0.950. The second kappa shape index (κ2) is 12.2. The molecule has 1 aromatic carbocycles. The third-order valence-corrected chi connectivity index (χ3v) is 3.86. The Hall–Kier alpha value is -1.29. The van der Waals surface area contributed by atoms with Gasteiger partial charge < -0.3 is 19.9 Å². The van der Waals surface area contributed by atoms with Crippen molar-refractivity contribution in [2.24, 2.45) is 4.99 Å². The van der Waals surface area contributed by atoms with Crippen molar-refractivity contribution in [2.45, 2.75) is 33.2 Å². The van der Waals surface area contributed by atoms with Crippen LogP contribution in [0.4, 0.5) is 0 Å². The van der Waals surface area contributed by atoms with E-state index in [1.165, 1.54) is 0 Å². The Morgan fingerprint density at radius 3 is 2.77 bits per heavy atom. The van der Waals surface area contributed by atoms with Crippen LogP contribution in [0.5, 0.6) is 5.75 Å². The Bertz CT molecular complexity index is 691. The summed E-state index contributed by atoms with van der Waals surface area (Å²) in [6, 6.07) is 9.74. The average molecular weight is 537 g/mol. The number of guanidine groups is 1. The number of nitrogens with zero attached hydrogens (tertiary/aromatic N) is 2. The van der Waals surface area contributed by atoms with Crippen LogP contribution < -0.4 is 15.4 Å². The topological polar surface area (TPSA) is 71.7 Å². The van der Waals surface area contributed by atoms with Gasteiger partial charge in [0.15, 0.2) is 11.7 Å². The summed E-state index contributed by atoms with van der Waals surface area (Å²) in [5, 5.41) is 10.5. The van der Waals surface area contributed by atoms with Gasteiger partial charge in [-0.1, -0.05) is 41.0 Å². The molecule has 0 aliphatic heterocycles. The Labute approximate surface area is 180 Å². The first kappa shape index (κ1) is 22.8. The maximum atomic E-state index is 5.70. The van der Waals surface area contributed by atoms with Gasteiger partial charge in [0, 0.05) is 17.1 Å². The van der Waals surface area contributed by atoms with Crippen molar-refractivity contribution < 1.29 is 9.26 Å². The van der Waals surface area contributed by atoms with Crippen LogP contribution in [0.15, 0.2) is 44.3 Å². The number of hydrogen-bond donors (Lipinski definition) is 2. The molecule has 144 valence electrons. The fraction of sp³-hybridized carbons (Fsp3) is 0.444. The summed E-state index contributed by atoms with van der Waals surface area (Å²) in [4.78, 5) is 4.51. The molecule has 2 rings (SSSR count). The first-order valence-electron chi connectivity index (χ1n) is 8.44. The van der Waals surface area contributed by atoms with E-state index in [1.807, 2.05) is 37.3 Å². The highest BCUT2D eigenvalue weighted by Crippen LogP contribution is 2.17. The fourth-order valence-electron chi connectivity index (χ4n) is 2.07. The summed E-state index contributed by atoms with van der Waals surface area (Å²) in [6.45, 7) is 8.62. The summed E-state index contributed by atoms with van der Waals surface area (Å²) < 4.78 is 12.0. The molecule has 0 saturated carbocycles. The first-order valence-corrected chi connectivity index (χ1v) is 9.23. The van der Waals surface area contributed by atoms with Crippen molar-refractivity contribution in [2.75, 3.05) is 19.7 Å². The number of hydrogen-bond acceptors (Lipinski definition) is 4. The van der Waals surface area contributed by atoms with E-state index in [9.17, 15) is 0 Å². The Morgan fingerprint density at radius 1 is 1.31 bits per heavy atom. The standard InChI is InChI=1S/C18H25BrN4O2.HI/c1-4-20-18(22-12-16-11-17(13(2)3)23-25-16)21-8-9-24-15-7-5-6-14(19)10-15;/h5-7,10-11,13H,4,8-9,12H2,1-3H3,(H2,20,21,22);1H. The summed E-state index contributed by atoms with van der Waals surface area (Å²) in [7, 11) is 0. The molecule has 0 amide bonds. The molecular weight excluding hydrogens is 511 g/mol. The molecule has 0 radical (unpaired) electrons. The molecule has 0 spiro atoms. The van der Waals surface area contributed by atoms with E-state index in [2.05, 4.69) is 50.6 Å². The van der Waals surface area contributed by atoms with E-state index in [1.54, 1.807) is 0 Å². The van der Waals surface area contributed by atoms with Gasteiger partial charge in [-0.3, -0.25) is 0 Å². The van der Waals surface area contributed by atoms with E-state index in [0.29, 0.717) is 25.6 Å². The smallest absolute Gasteiger partial charge is 0.191 e. The lowest BCUT2D eigenvalue weighted by Gasteiger charge is -2.11. The molecule has 26 heavy (non-hydrogen) atoms. The van der Waals surface area contributed by atoms with Gasteiger partial charge in [0.05, 0.1) is 12.2 Å². The number of aromatic nitrogens is 1. The zero-order valence-electron chi connectivity index (χ0n) is 15.3. The molecule has 0 aliphatic carbocycles. The van der Waals surface area contributed by atoms with E-state index in [-0.39, 0.29) is 24.0 Å². The molecule has 0 unspecified atom stereocenters. The zero-order valence-corrected chi connectivity index (χ0v) is 19.2. The van der Waals surface area contributed by atoms with Crippen molar-refractivity contribution >= 4 is 45.9 Å². The lowest BCUT2D eigenvalue weighted by Crippen LogP contribution is -2.39. The van der Waals surface area contributed by atoms with Crippen LogP contribution in [0.3, 0.4) is 0 Å². The third kappa shape index (κ3) is 7.94. The lowest BCUT2D eigenvalue weighted by molar-refractivity contribution is 0.321. The minimum atomic E-state index is 0. The molecule has 1 aromatic heterocycles. The Kier molecular flexibility index (Phi) is 10.6. The second-order valence-corrected chi connectivity index (χ2v) is 6.72. The van der Waals surface area contributed by atoms with E-state index < -0.39 is 0 Å². The molecule has 8 heteroatoms. The number of benzene rings is 1. The highest BCUT2D eigenvalue weighted by atomic mass is 127.